The lowest BCUT2D eigenvalue weighted by Crippen LogP contribution is -2.58. The van der Waals surface area contributed by atoms with Crippen LogP contribution in [0.2, 0.25) is 0 Å². The highest BCUT2D eigenvalue weighted by atomic mass is 16.5. The highest BCUT2D eigenvalue weighted by Crippen LogP contribution is 2.29. The lowest BCUT2D eigenvalue weighted by molar-refractivity contribution is -0.0356. The lowest BCUT2D eigenvalue weighted by Gasteiger charge is -2.48. The number of nitrogens with one attached hydrogen (secondary N) is 1. The smallest absolute Gasteiger partial charge is 0.317 e. The van der Waals surface area contributed by atoms with E-state index in [2.05, 4.69) is 62.2 Å². The standard InChI is InChI=1S/C23H37N3O2/c1-22(2,3)20-7-5-6-19(18-20)8-11-24-21(27)25-12-9-23(4,10-13-25)26-14-16-28-17-15-26/h5-7,18H,8-17H2,1-4H3,(H,24,27). The zero-order valence-corrected chi connectivity index (χ0v) is 18.1. The van der Waals surface area contributed by atoms with E-state index in [1.54, 1.807) is 0 Å². The van der Waals surface area contributed by atoms with Crippen molar-refractivity contribution in [1.29, 1.82) is 0 Å². The molecule has 2 aliphatic heterocycles. The molecule has 2 amide bonds. The van der Waals surface area contributed by atoms with Gasteiger partial charge in [-0.15, -0.1) is 0 Å². The molecular formula is C23H37N3O2. The van der Waals surface area contributed by atoms with Crippen LogP contribution < -0.4 is 5.32 Å². The summed E-state index contributed by atoms with van der Waals surface area (Å²) in [6, 6.07) is 8.79. The predicted octanol–water partition coefficient (Wildman–Crippen LogP) is 3.42. The number of likely N-dealkylation sites (tertiary alicyclic amines) is 1. The molecule has 5 heteroatoms. The Morgan fingerprint density at radius 3 is 2.46 bits per heavy atom. The van der Waals surface area contributed by atoms with Crippen LogP contribution in [-0.2, 0) is 16.6 Å². The summed E-state index contributed by atoms with van der Waals surface area (Å²) in [6.45, 7) is 15.1. The first-order valence-corrected chi connectivity index (χ1v) is 10.7. The minimum absolute atomic E-state index is 0.0796. The summed E-state index contributed by atoms with van der Waals surface area (Å²) in [5.74, 6) is 0. The van der Waals surface area contributed by atoms with Crippen molar-refractivity contribution in [1.82, 2.24) is 15.1 Å². The van der Waals surface area contributed by atoms with Crippen LogP contribution in [0.5, 0.6) is 0 Å². The zero-order valence-electron chi connectivity index (χ0n) is 18.1. The number of urea groups is 1. The van der Waals surface area contributed by atoms with Gasteiger partial charge < -0.3 is 15.0 Å². The fourth-order valence-corrected chi connectivity index (χ4v) is 4.23. The number of hydrogen-bond acceptors (Lipinski definition) is 3. The predicted molar refractivity (Wildman–Crippen MR) is 114 cm³/mol. The molecule has 0 aliphatic carbocycles. The molecule has 0 bridgehead atoms. The molecule has 0 aromatic heterocycles. The van der Waals surface area contributed by atoms with Gasteiger partial charge >= 0.3 is 6.03 Å². The summed E-state index contributed by atoms with van der Waals surface area (Å²) in [5, 5.41) is 3.12. The van der Waals surface area contributed by atoms with E-state index in [0.29, 0.717) is 6.54 Å². The van der Waals surface area contributed by atoms with E-state index in [1.807, 2.05) is 4.90 Å². The van der Waals surface area contributed by atoms with E-state index in [0.717, 1.165) is 58.7 Å². The molecule has 0 atom stereocenters. The second kappa shape index (κ2) is 8.83. The highest BCUT2D eigenvalue weighted by Gasteiger charge is 2.37. The summed E-state index contributed by atoms with van der Waals surface area (Å²) >= 11 is 0. The largest absolute Gasteiger partial charge is 0.379 e. The van der Waals surface area contributed by atoms with Gasteiger partial charge in [0, 0.05) is 38.3 Å². The number of carbonyl (C=O) groups excluding carboxylic acids is 1. The first-order chi connectivity index (χ1) is 13.3. The molecule has 2 saturated heterocycles. The summed E-state index contributed by atoms with van der Waals surface area (Å²) in [6.07, 6.45) is 2.94. The van der Waals surface area contributed by atoms with Crippen molar-refractivity contribution in [2.45, 2.75) is 57.9 Å². The third-order valence-electron chi connectivity index (χ3n) is 6.39. The maximum absolute atomic E-state index is 12.6. The average Bonchev–Trinajstić information content (AvgIpc) is 2.69. The van der Waals surface area contributed by atoms with Crippen LogP contribution in [-0.4, -0.2) is 67.3 Å². The van der Waals surface area contributed by atoms with Crippen molar-refractivity contribution in [2.75, 3.05) is 45.9 Å². The van der Waals surface area contributed by atoms with Crippen molar-refractivity contribution in [3.63, 3.8) is 0 Å². The topological polar surface area (TPSA) is 44.8 Å². The van der Waals surface area contributed by atoms with Gasteiger partial charge in [-0.3, -0.25) is 4.90 Å². The van der Waals surface area contributed by atoms with Gasteiger partial charge in [0.05, 0.1) is 13.2 Å². The fourth-order valence-electron chi connectivity index (χ4n) is 4.23. The Balaban J connectivity index is 1.44. The molecule has 2 fully saturated rings. The summed E-state index contributed by atoms with van der Waals surface area (Å²) in [4.78, 5) is 17.1. The number of piperidine rings is 1. The van der Waals surface area contributed by atoms with Gasteiger partial charge in [-0.05, 0) is 42.7 Å². The van der Waals surface area contributed by atoms with Gasteiger partial charge in [0.15, 0.2) is 0 Å². The van der Waals surface area contributed by atoms with Crippen LogP contribution in [0.25, 0.3) is 0 Å². The van der Waals surface area contributed by atoms with E-state index in [9.17, 15) is 4.79 Å². The highest BCUT2D eigenvalue weighted by molar-refractivity contribution is 5.74. The third-order valence-corrected chi connectivity index (χ3v) is 6.39. The molecule has 1 N–H and O–H groups in total. The molecule has 2 heterocycles. The van der Waals surface area contributed by atoms with Gasteiger partial charge in [-0.2, -0.15) is 0 Å². The Kier molecular flexibility index (Phi) is 6.66. The number of benzene rings is 1. The normalized spacial score (nSPS) is 20.8. The van der Waals surface area contributed by atoms with Gasteiger partial charge in [0.25, 0.3) is 0 Å². The molecule has 3 rings (SSSR count). The summed E-state index contributed by atoms with van der Waals surface area (Å²) in [7, 11) is 0. The molecule has 0 radical (unpaired) electrons. The first kappa shape index (κ1) is 21.1. The van der Waals surface area contributed by atoms with Crippen molar-refractivity contribution in [2.24, 2.45) is 0 Å². The van der Waals surface area contributed by atoms with Gasteiger partial charge in [-0.1, -0.05) is 45.0 Å². The van der Waals surface area contributed by atoms with Crippen LogP contribution in [0.3, 0.4) is 0 Å². The molecule has 1 aromatic carbocycles. The maximum atomic E-state index is 12.6. The van der Waals surface area contributed by atoms with Crippen LogP contribution in [0, 0.1) is 0 Å². The molecule has 156 valence electrons. The van der Waals surface area contributed by atoms with E-state index < -0.39 is 0 Å². The number of hydrogen-bond donors (Lipinski definition) is 1. The van der Waals surface area contributed by atoms with Crippen LogP contribution >= 0.6 is 0 Å². The van der Waals surface area contributed by atoms with Crippen LogP contribution in [0.15, 0.2) is 24.3 Å². The second-order valence-corrected chi connectivity index (χ2v) is 9.52. The SMILES string of the molecule is CC(C)(C)c1cccc(CCNC(=O)N2CCC(C)(N3CCOCC3)CC2)c1. The molecule has 28 heavy (non-hydrogen) atoms. The molecule has 0 unspecified atom stereocenters. The third kappa shape index (κ3) is 5.26. The summed E-state index contributed by atoms with van der Waals surface area (Å²) in [5.41, 5.74) is 2.98. The number of ether oxygens (including phenoxy) is 1. The Morgan fingerprint density at radius 1 is 1.14 bits per heavy atom. The Labute approximate surface area is 170 Å². The van der Waals surface area contributed by atoms with Crippen LogP contribution in [0.1, 0.15) is 51.7 Å². The Bertz CT molecular complexity index is 654. The van der Waals surface area contributed by atoms with E-state index in [-0.39, 0.29) is 17.0 Å². The minimum atomic E-state index is 0.0796. The molecular weight excluding hydrogens is 350 g/mol. The molecule has 1 aromatic rings. The molecule has 2 aliphatic rings. The number of rotatable bonds is 4. The summed E-state index contributed by atoms with van der Waals surface area (Å²) < 4.78 is 5.49. The Hall–Kier alpha value is -1.59. The van der Waals surface area contributed by atoms with Crippen molar-refractivity contribution in [3.8, 4) is 0 Å². The second-order valence-electron chi connectivity index (χ2n) is 9.52. The minimum Gasteiger partial charge on any atom is -0.379 e. The number of amides is 2. The van der Waals surface area contributed by atoms with Crippen molar-refractivity contribution in [3.05, 3.63) is 35.4 Å². The number of carbonyl (C=O) groups is 1. The maximum Gasteiger partial charge on any atom is 0.317 e. The quantitative estimate of drug-likeness (QED) is 0.861. The first-order valence-electron chi connectivity index (χ1n) is 10.7. The molecule has 0 spiro atoms. The monoisotopic (exact) mass is 387 g/mol. The number of morpholine rings is 1. The molecule has 0 saturated carbocycles. The van der Waals surface area contributed by atoms with Crippen molar-refractivity contribution >= 4 is 6.03 Å². The molecule has 5 nitrogen and oxygen atoms in total. The van der Waals surface area contributed by atoms with E-state index in [4.69, 9.17) is 4.74 Å². The van der Waals surface area contributed by atoms with Gasteiger partial charge in [0.2, 0.25) is 0 Å². The van der Waals surface area contributed by atoms with Gasteiger partial charge in [0.1, 0.15) is 0 Å². The lowest BCUT2D eigenvalue weighted by atomic mass is 9.86. The van der Waals surface area contributed by atoms with Crippen molar-refractivity contribution < 1.29 is 9.53 Å². The zero-order chi connectivity index (χ0) is 20.2. The number of nitrogens with zero attached hydrogens (tertiary/aromatic N) is 2. The Morgan fingerprint density at radius 2 is 1.82 bits per heavy atom. The average molecular weight is 388 g/mol. The fraction of sp³-hybridized carbons (Fsp3) is 0.696. The van der Waals surface area contributed by atoms with Crippen LogP contribution in [0.4, 0.5) is 4.79 Å². The van der Waals surface area contributed by atoms with E-state index >= 15 is 0 Å². The van der Waals surface area contributed by atoms with E-state index in [1.165, 1.54) is 11.1 Å². The van der Waals surface area contributed by atoms with Gasteiger partial charge in [-0.25, -0.2) is 4.79 Å².